The highest BCUT2D eigenvalue weighted by Crippen LogP contribution is 2.34. The van der Waals surface area contributed by atoms with E-state index in [1.165, 1.54) is 0 Å². The van der Waals surface area contributed by atoms with Gasteiger partial charge in [0.05, 0.1) is 5.69 Å². The van der Waals surface area contributed by atoms with Crippen LogP contribution in [0.2, 0.25) is 0 Å². The van der Waals surface area contributed by atoms with Gasteiger partial charge < -0.3 is 5.32 Å². The van der Waals surface area contributed by atoms with Crippen LogP contribution in [0.3, 0.4) is 0 Å². The number of anilines is 1. The molecule has 0 saturated heterocycles. The summed E-state index contributed by atoms with van der Waals surface area (Å²) in [4.78, 5) is 4.04. The molecule has 96 valence electrons. The Labute approximate surface area is 136 Å². The summed E-state index contributed by atoms with van der Waals surface area (Å²) in [5.74, 6) is 0. The first-order chi connectivity index (χ1) is 9.11. The van der Waals surface area contributed by atoms with Gasteiger partial charge in [-0.3, -0.25) is 0 Å². The molecule has 19 heavy (non-hydrogen) atoms. The maximum Gasteiger partial charge on any atom is 0.145 e. The molecule has 0 bridgehead atoms. The highest BCUT2D eigenvalue weighted by molar-refractivity contribution is 9.11. The number of hydrogen-bond donors (Lipinski definition) is 1. The van der Waals surface area contributed by atoms with E-state index in [1.807, 2.05) is 24.3 Å². The maximum atomic E-state index is 9.00. The van der Waals surface area contributed by atoms with Crippen LogP contribution in [0.25, 0.3) is 0 Å². The van der Waals surface area contributed by atoms with Crippen molar-refractivity contribution in [1.29, 1.82) is 5.26 Å². The van der Waals surface area contributed by atoms with E-state index in [1.54, 1.807) is 6.20 Å². The van der Waals surface area contributed by atoms with E-state index in [-0.39, 0.29) is 0 Å². The van der Waals surface area contributed by atoms with Crippen molar-refractivity contribution in [2.45, 2.75) is 6.54 Å². The number of rotatable bonds is 3. The van der Waals surface area contributed by atoms with Gasteiger partial charge in [-0.25, -0.2) is 4.98 Å². The average molecular weight is 446 g/mol. The summed E-state index contributed by atoms with van der Waals surface area (Å²) >= 11 is 10.4. The number of pyridine rings is 1. The van der Waals surface area contributed by atoms with Crippen molar-refractivity contribution in [2.24, 2.45) is 0 Å². The molecule has 0 aliphatic heterocycles. The Bertz CT molecular complexity index is 627. The Kier molecular flexibility index (Phi) is 4.97. The lowest BCUT2D eigenvalue weighted by molar-refractivity contribution is 1.08. The van der Waals surface area contributed by atoms with Crippen LogP contribution in [0.5, 0.6) is 0 Å². The Morgan fingerprint density at radius 1 is 1.21 bits per heavy atom. The van der Waals surface area contributed by atoms with Gasteiger partial charge in [-0.1, -0.05) is 22.0 Å². The maximum absolute atomic E-state index is 9.00. The molecule has 2 rings (SSSR count). The molecule has 0 spiro atoms. The van der Waals surface area contributed by atoms with Crippen molar-refractivity contribution in [3.63, 3.8) is 0 Å². The van der Waals surface area contributed by atoms with Gasteiger partial charge in [-0.2, -0.15) is 5.26 Å². The van der Waals surface area contributed by atoms with Crippen LogP contribution < -0.4 is 5.32 Å². The van der Waals surface area contributed by atoms with Crippen molar-refractivity contribution in [1.82, 2.24) is 4.98 Å². The lowest BCUT2D eigenvalue weighted by Gasteiger charge is -2.12. The fraction of sp³-hybridized carbons (Fsp3) is 0.0769. The number of nitriles is 1. The molecule has 0 fully saturated rings. The average Bonchev–Trinajstić information content (AvgIpc) is 2.38. The second kappa shape index (κ2) is 6.51. The monoisotopic (exact) mass is 443 g/mol. The highest BCUT2D eigenvalue weighted by atomic mass is 79.9. The van der Waals surface area contributed by atoms with E-state index >= 15 is 0 Å². The minimum Gasteiger partial charge on any atom is -0.379 e. The van der Waals surface area contributed by atoms with E-state index in [2.05, 4.69) is 64.2 Å². The lowest BCUT2D eigenvalue weighted by atomic mass is 10.2. The quantitative estimate of drug-likeness (QED) is 0.734. The fourth-order valence-corrected chi connectivity index (χ4v) is 4.12. The summed E-state index contributed by atoms with van der Waals surface area (Å²) in [5.41, 5.74) is 2.25. The molecular weight excluding hydrogens is 438 g/mol. The molecule has 0 radical (unpaired) electrons. The number of benzene rings is 1. The van der Waals surface area contributed by atoms with Crippen molar-refractivity contribution < 1.29 is 0 Å². The standard InChI is InChI=1S/C13H8Br3N3/c14-9-4-10(15)13(11(16)5-9)19-7-8-2-1-3-18-12(8)6-17/h1-5,19H,7H2. The zero-order chi connectivity index (χ0) is 13.8. The number of aromatic nitrogens is 1. The first-order valence-electron chi connectivity index (χ1n) is 5.34. The number of hydrogen-bond acceptors (Lipinski definition) is 3. The molecule has 1 aromatic heterocycles. The van der Waals surface area contributed by atoms with Crippen LogP contribution in [0, 0.1) is 11.3 Å². The van der Waals surface area contributed by atoms with Gasteiger partial charge in [0.15, 0.2) is 0 Å². The lowest BCUT2D eigenvalue weighted by Crippen LogP contribution is -2.04. The first kappa shape index (κ1) is 14.5. The van der Waals surface area contributed by atoms with Crippen molar-refractivity contribution >= 4 is 53.5 Å². The largest absolute Gasteiger partial charge is 0.379 e. The second-order valence-electron chi connectivity index (χ2n) is 3.72. The van der Waals surface area contributed by atoms with E-state index in [4.69, 9.17) is 5.26 Å². The van der Waals surface area contributed by atoms with E-state index in [0.717, 1.165) is 24.7 Å². The molecule has 2 aromatic rings. The van der Waals surface area contributed by atoms with Gasteiger partial charge >= 0.3 is 0 Å². The molecule has 1 aromatic carbocycles. The van der Waals surface area contributed by atoms with Gasteiger partial charge in [-0.15, -0.1) is 0 Å². The molecular formula is C13H8Br3N3. The normalized spacial score (nSPS) is 10.0. The smallest absolute Gasteiger partial charge is 0.145 e. The third kappa shape index (κ3) is 3.56. The second-order valence-corrected chi connectivity index (χ2v) is 6.35. The predicted octanol–water partition coefficient (Wildman–Crippen LogP) is 4.85. The predicted molar refractivity (Wildman–Crippen MR) is 85.8 cm³/mol. The number of nitrogens with zero attached hydrogens (tertiary/aromatic N) is 2. The van der Waals surface area contributed by atoms with Crippen molar-refractivity contribution in [3.8, 4) is 6.07 Å². The molecule has 0 aliphatic carbocycles. The Hall–Kier alpha value is -0.900. The van der Waals surface area contributed by atoms with E-state index < -0.39 is 0 Å². The molecule has 0 atom stereocenters. The zero-order valence-electron chi connectivity index (χ0n) is 9.62. The van der Waals surface area contributed by atoms with Crippen molar-refractivity contribution in [2.75, 3.05) is 5.32 Å². The molecule has 0 aliphatic rings. The molecule has 6 heteroatoms. The summed E-state index contributed by atoms with van der Waals surface area (Å²) < 4.78 is 2.86. The number of nitrogens with one attached hydrogen (secondary N) is 1. The van der Waals surface area contributed by atoms with Crippen LogP contribution in [-0.2, 0) is 6.54 Å². The Morgan fingerprint density at radius 2 is 1.89 bits per heavy atom. The van der Waals surface area contributed by atoms with Gasteiger partial charge in [-0.05, 0) is 50.1 Å². The Balaban J connectivity index is 2.22. The van der Waals surface area contributed by atoms with Gasteiger partial charge in [0.1, 0.15) is 11.8 Å². The van der Waals surface area contributed by atoms with Gasteiger partial charge in [0.2, 0.25) is 0 Å². The van der Waals surface area contributed by atoms with Crippen LogP contribution >= 0.6 is 47.8 Å². The summed E-state index contributed by atoms with van der Waals surface area (Å²) in [6.07, 6.45) is 1.62. The third-order valence-electron chi connectivity index (χ3n) is 2.46. The van der Waals surface area contributed by atoms with Crippen molar-refractivity contribution in [3.05, 3.63) is 55.1 Å². The molecule has 3 nitrogen and oxygen atoms in total. The fourth-order valence-electron chi connectivity index (χ4n) is 1.58. The highest BCUT2D eigenvalue weighted by Gasteiger charge is 2.08. The molecule has 1 N–H and O–H groups in total. The third-order valence-corrected chi connectivity index (χ3v) is 4.17. The molecule has 0 amide bonds. The van der Waals surface area contributed by atoms with Gasteiger partial charge in [0.25, 0.3) is 0 Å². The summed E-state index contributed by atoms with van der Waals surface area (Å²) in [7, 11) is 0. The minimum atomic E-state index is 0.444. The SMILES string of the molecule is N#Cc1ncccc1CNc1c(Br)cc(Br)cc1Br. The number of halogens is 3. The summed E-state index contributed by atoms with van der Waals surface area (Å²) in [5, 5.41) is 12.3. The zero-order valence-corrected chi connectivity index (χ0v) is 14.4. The van der Waals surface area contributed by atoms with E-state index in [0.29, 0.717) is 12.2 Å². The molecule has 1 heterocycles. The first-order valence-corrected chi connectivity index (χ1v) is 7.72. The van der Waals surface area contributed by atoms with Crippen LogP contribution in [0.4, 0.5) is 5.69 Å². The topological polar surface area (TPSA) is 48.7 Å². The molecule has 0 saturated carbocycles. The van der Waals surface area contributed by atoms with Crippen LogP contribution in [-0.4, -0.2) is 4.98 Å². The minimum absolute atomic E-state index is 0.444. The molecule has 0 unspecified atom stereocenters. The van der Waals surface area contributed by atoms with Gasteiger partial charge in [0, 0.05) is 31.7 Å². The summed E-state index contributed by atoms with van der Waals surface area (Å²) in [6, 6.07) is 9.72. The van der Waals surface area contributed by atoms with Crippen LogP contribution in [0.15, 0.2) is 43.9 Å². The van der Waals surface area contributed by atoms with E-state index in [9.17, 15) is 0 Å². The van der Waals surface area contributed by atoms with Crippen LogP contribution in [0.1, 0.15) is 11.3 Å². The summed E-state index contributed by atoms with van der Waals surface area (Å²) in [6.45, 7) is 0.537. The Morgan fingerprint density at radius 3 is 2.53 bits per heavy atom.